The fourth-order valence-corrected chi connectivity index (χ4v) is 2.06. The molecular formula is C17H26N2. The van der Waals surface area contributed by atoms with Crippen LogP contribution in [0.2, 0.25) is 0 Å². The van der Waals surface area contributed by atoms with Crippen molar-refractivity contribution in [1.82, 2.24) is 5.32 Å². The van der Waals surface area contributed by atoms with Crippen LogP contribution in [0.3, 0.4) is 0 Å². The molecule has 19 heavy (non-hydrogen) atoms. The second-order valence-corrected chi connectivity index (χ2v) is 5.79. The molecule has 0 unspecified atom stereocenters. The number of nitrogens with one attached hydrogen (secondary N) is 1. The second-order valence-electron chi connectivity index (χ2n) is 5.79. The van der Waals surface area contributed by atoms with Gasteiger partial charge < -0.3 is 5.32 Å². The van der Waals surface area contributed by atoms with Crippen molar-refractivity contribution in [2.75, 3.05) is 13.1 Å². The third-order valence-corrected chi connectivity index (χ3v) is 3.37. The van der Waals surface area contributed by atoms with Crippen molar-refractivity contribution >= 4 is 0 Å². The molecule has 2 nitrogen and oxygen atoms in total. The first kappa shape index (κ1) is 15.7. The lowest BCUT2D eigenvalue weighted by molar-refractivity contribution is 0.422. The zero-order valence-electron chi connectivity index (χ0n) is 12.3. The van der Waals surface area contributed by atoms with E-state index in [0.29, 0.717) is 0 Å². The first-order valence-corrected chi connectivity index (χ1v) is 7.30. The lowest BCUT2D eigenvalue weighted by Crippen LogP contribution is -2.18. The summed E-state index contributed by atoms with van der Waals surface area (Å²) in [6, 6.07) is 13.0. The first-order chi connectivity index (χ1) is 9.14. The van der Waals surface area contributed by atoms with E-state index in [1.54, 1.807) is 0 Å². The van der Waals surface area contributed by atoms with Gasteiger partial charge in [0.2, 0.25) is 0 Å². The molecule has 1 rings (SSSR count). The van der Waals surface area contributed by atoms with E-state index < -0.39 is 0 Å². The molecule has 104 valence electrons. The molecular weight excluding hydrogens is 232 g/mol. The van der Waals surface area contributed by atoms with Crippen LogP contribution >= 0.6 is 0 Å². The molecule has 2 heteroatoms. The van der Waals surface area contributed by atoms with Gasteiger partial charge in [-0.3, -0.25) is 0 Å². The monoisotopic (exact) mass is 258 g/mol. The Bertz CT molecular complexity index is 376. The van der Waals surface area contributed by atoms with Crippen molar-refractivity contribution in [1.29, 1.82) is 5.26 Å². The van der Waals surface area contributed by atoms with Gasteiger partial charge in [0.1, 0.15) is 0 Å². The summed E-state index contributed by atoms with van der Waals surface area (Å²) >= 11 is 0. The molecule has 0 aliphatic carbocycles. The molecule has 0 atom stereocenters. The fraction of sp³-hybridized carbons (Fsp3) is 0.588. The molecule has 0 spiro atoms. The van der Waals surface area contributed by atoms with Gasteiger partial charge in [-0.2, -0.15) is 5.26 Å². The highest BCUT2D eigenvalue weighted by Crippen LogP contribution is 2.21. The van der Waals surface area contributed by atoms with Gasteiger partial charge in [-0.05, 0) is 58.2 Å². The van der Waals surface area contributed by atoms with Crippen LogP contribution in [0.15, 0.2) is 30.3 Å². The van der Waals surface area contributed by atoms with E-state index >= 15 is 0 Å². The highest BCUT2D eigenvalue weighted by molar-refractivity contribution is 5.14. The number of rotatable bonds is 9. The Morgan fingerprint density at radius 3 is 2.42 bits per heavy atom. The smallest absolute Gasteiger partial charge is 0.0683 e. The Hall–Kier alpha value is -1.33. The Kier molecular flexibility index (Phi) is 7.22. The maximum atomic E-state index is 8.91. The quantitative estimate of drug-likeness (QED) is 0.681. The van der Waals surface area contributed by atoms with Crippen LogP contribution in [0.1, 0.15) is 45.1 Å². The van der Waals surface area contributed by atoms with E-state index in [4.69, 9.17) is 5.26 Å². The molecule has 0 saturated heterocycles. The fourth-order valence-electron chi connectivity index (χ4n) is 2.06. The lowest BCUT2D eigenvalue weighted by Gasteiger charge is -2.14. The number of nitriles is 1. The first-order valence-electron chi connectivity index (χ1n) is 7.30. The van der Waals surface area contributed by atoms with Crippen molar-refractivity contribution in [2.24, 2.45) is 5.41 Å². The summed E-state index contributed by atoms with van der Waals surface area (Å²) < 4.78 is 0. The highest BCUT2D eigenvalue weighted by atomic mass is 14.8. The molecule has 0 aliphatic rings. The average molecular weight is 258 g/mol. The number of nitrogens with zero attached hydrogens (tertiary/aromatic N) is 1. The van der Waals surface area contributed by atoms with Gasteiger partial charge >= 0.3 is 0 Å². The van der Waals surface area contributed by atoms with E-state index in [1.165, 1.54) is 12.0 Å². The minimum Gasteiger partial charge on any atom is -0.317 e. The molecule has 0 heterocycles. The summed E-state index contributed by atoms with van der Waals surface area (Å²) in [6.45, 7) is 6.17. The van der Waals surface area contributed by atoms with Gasteiger partial charge in [-0.1, -0.05) is 36.8 Å². The van der Waals surface area contributed by atoms with Gasteiger partial charge in [-0.25, -0.2) is 0 Å². The van der Waals surface area contributed by atoms with Crippen LogP contribution < -0.4 is 5.32 Å². The van der Waals surface area contributed by atoms with Crippen molar-refractivity contribution in [3.05, 3.63) is 35.9 Å². The number of benzene rings is 1. The third kappa shape index (κ3) is 7.64. The number of hydrogen-bond acceptors (Lipinski definition) is 2. The largest absolute Gasteiger partial charge is 0.317 e. The minimum absolute atomic E-state index is 0.159. The van der Waals surface area contributed by atoms with E-state index in [2.05, 4.69) is 41.7 Å². The number of hydrogen-bond donors (Lipinski definition) is 1. The second kappa shape index (κ2) is 8.72. The summed E-state index contributed by atoms with van der Waals surface area (Å²) in [6.07, 6.45) is 5.63. The van der Waals surface area contributed by atoms with Crippen LogP contribution in [0, 0.1) is 16.7 Å². The topological polar surface area (TPSA) is 35.8 Å². The Balaban J connectivity index is 1.94. The normalized spacial score (nSPS) is 11.2. The summed E-state index contributed by atoms with van der Waals surface area (Å²) in [5, 5.41) is 12.4. The standard InChI is InChI=1S/C17H26N2/c1-17(2,15-18)12-6-7-13-19-14-8-11-16-9-4-3-5-10-16/h3-5,9-10,19H,6-8,11-14H2,1-2H3. The predicted molar refractivity (Wildman–Crippen MR) is 80.9 cm³/mol. The molecule has 0 aromatic heterocycles. The summed E-state index contributed by atoms with van der Waals surface area (Å²) in [5.41, 5.74) is 1.26. The third-order valence-electron chi connectivity index (χ3n) is 3.37. The van der Waals surface area contributed by atoms with Gasteiger partial charge in [0.25, 0.3) is 0 Å². The van der Waals surface area contributed by atoms with Gasteiger partial charge in [0.05, 0.1) is 11.5 Å². The predicted octanol–water partition coefficient (Wildman–Crippen LogP) is 3.93. The van der Waals surface area contributed by atoms with Crippen molar-refractivity contribution in [3.8, 4) is 6.07 Å². The van der Waals surface area contributed by atoms with Crippen molar-refractivity contribution < 1.29 is 0 Å². The van der Waals surface area contributed by atoms with Gasteiger partial charge in [-0.15, -0.1) is 0 Å². The molecule has 0 bridgehead atoms. The maximum Gasteiger partial charge on any atom is 0.0683 e. The molecule has 1 aromatic carbocycles. The summed E-state index contributed by atoms with van der Waals surface area (Å²) in [7, 11) is 0. The maximum absolute atomic E-state index is 8.91. The Labute approximate surface area is 117 Å². The number of unbranched alkanes of at least 4 members (excludes halogenated alkanes) is 1. The average Bonchev–Trinajstić information content (AvgIpc) is 2.43. The molecule has 0 aliphatic heterocycles. The molecule has 1 N–H and O–H groups in total. The minimum atomic E-state index is -0.159. The van der Waals surface area contributed by atoms with Crippen LogP contribution in [0.4, 0.5) is 0 Å². The van der Waals surface area contributed by atoms with Crippen molar-refractivity contribution in [3.63, 3.8) is 0 Å². The number of aryl methyl sites for hydroxylation is 1. The zero-order chi connectivity index (χ0) is 14.0. The SMILES string of the molecule is CC(C)(C#N)CCCCNCCCc1ccccc1. The molecule has 0 saturated carbocycles. The van der Waals surface area contributed by atoms with Crippen molar-refractivity contribution in [2.45, 2.75) is 46.0 Å². The van der Waals surface area contributed by atoms with Crippen LogP contribution in [0.5, 0.6) is 0 Å². The van der Waals surface area contributed by atoms with E-state index in [1.807, 2.05) is 13.8 Å². The molecule has 0 radical (unpaired) electrons. The van der Waals surface area contributed by atoms with Gasteiger partial charge in [0.15, 0.2) is 0 Å². The van der Waals surface area contributed by atoms with E-state index in [0.717, 1.165) is 38.8 Å². The van der Waals surface area contributed by atoms with Crippen LogP contribution in [-0.4, -0.2) is 13.1 Å². The summed E-state index contributed by atoms with van der Waals surface area (Å²) in [5.74, 6) is 0. The molecule has 1 aromatic rings. The van der Waals surface area contributed by atoms with Crippen LogP contribution in [-0.2, 0) is 6.42 Å². The zero-order valence-corrected chi connectivity index (χ0v) is 12.3. The Morgan fingerprint density at radius 1 is 1.05 bits per heavy atom. The van der Waals surface area contributed by atoms with Crippen LogP contribution in [0.25, 0.3) is 0 Å². The molecule has 0 amide bonds. The van der Waals surface area contributed by atoms with Gasteiger partial charge in [0, 0.05) is 0 Å². The summed E-state index contributed by atoms with van der Waals surface area (Å²) in [4.78, 5) is 0. The molecule has 0 fully saturated rings. The highest BCUT2D eigenvalue weighted by Gasteiger charge is 2.14. The van der Waals surface area contributed by atoms with E-state index in [9.17, 15) is 0 Å². The Morgan fingerprint density at radius 2 is 1.74 bits per heavy atom. The van der Waals surface area contributed by atoms with E-state index in [-0.39, 0.29) is 5.41 Å². The lowest BCUT2D eigenvalue weighted by atomic mass is 9.89.